The molecule has 1 fully saturated rings. The Bertz CT molecular complexity index is 702. The molecule has 0 aromatic heterocycles. The molecule has 0 saturated heterocycles. The van der Waals surface area contributed by atoms with E-state index in [0.717, 1.165) is 19.3 Å². The first-order valence-corrected chi connectivity index (χ1v) is 9.52. The van der Waals surface area contributed by atoms with Gasteiger partial charge in [-0.15, -0.1) is 0 Å². The van der Waals surface area contributed by atoms with Crippen molar-refractivity contribution in [2.75, 3.05) is 6.61 Å². The average molecular weight is 372 g/mol. The highest BCUT2D eigenvalue weighted by Crippen LogP contribution is 2.27. The van der Waals surface area contributed by atoms with Gasteiger partial charge in [0.2, 0.25) is 0 Å². The molecule has 1 aliphatic carbocycles. The number of nitrogens with zero attached hydrogens (tertiary/aromatic N) is 1. The van der Waals surface area contributed by atoms with Crippen LogP contribution >= 0.6 is 0 Å². The minimum absolute atomic E-state index is 0.323. The van der Waals surface area contributed by atoms with Crippen molar-refractivity contribution in [3.05, 3.63) is 29.8 Å². The first kappa shape index (κ1) is 20.8. The fourth-order valence-corrected chi connectivity index (χ4v) is 3.02. The Morgan fingerprint density at radius 1 is 1.22 bits per heavy atom. The van der Waals surface area contributed by atoms with Crippen LogP contribution in [0.1, 0.15) is 63.2 Å². The van der Waals surface area contributed by atoms with E-state index in [0.29, 0.717) is 36.7 Å². The van der Waals surface area contributed by atoms with E-state index in [1.807, 2.05) is 13.8 Å². The smallest absolute Gasteiger partial charge is 0.339 e. The van der Waals surface area contributed by atoms with Crippen molar-refractivity contribution >= 4 is 11.9 Å². The second-order valence-corrected chi connectivity index (χ2v) is 7.52. The van der Waals surface area contributed by atoms with Crippen molar-refractivity contribution in [3.8, 4) is 11.8 Å². The molecule has 1 saturated carbocycles. The summed E-state index contributed by atoms with van der Waals surface area (Å²) in [6, 6.07) is 8.94. The van der Waals surface area contributed by atoms with E-state index >= 15 is 0 Å². The van der Waals surface area contributed by atoms with E-state index in [2.05, 4.69) is 11.4 Å². The number of hydrogen-bond acceptors (Lipinski definition) is 5. The molecule has 1 aliphatic rings. The number of nitrogens with one attached hydrogen (secondary N) is 1. The van der Waals surface area contributed by atoms with E-state index in [9.17, 15) is 14.9 Å². The summed E-state index contributed by atoms with van der Waals surface area (Å²) < 4.78 is 10.9. The summed E-state index contributed by atoms with van der Waals surface area (Å²) >= 11 is 0. The van der Waals surface area contributed by atoms with Crippen molar-refractivity contribution in [2.45, 2.75) is 64.5 Å². The van der Waals surface area contributed by atoms with Gasteiger partial charge in [0.05, 0.1) is 18.2 Å². The molecule has 1 unspecified atom stereocenters. The lowest BCUT2D eigenvalue weighted by Crippen LogP contribution is -2.52. The van der Waals surface area contributed by atoms with Crippen molar-refractivity contribution in [1.29, 1.82) is 5.26 Å². The van der Waals surface area contributed by atoms with Crippen molar-refractivity contribution in [2.24, 2.45) is 5.92 Å². The molecule has 6 heteroatoms. The summed E-state index contributed by atoms with van der Waals surface area (Å²) in [5.74, 6) is -0.0845. The lowest BCUT2D eigenvalue weighted by Gasteiger charge is -2.32. The molecule has 146 valence electrons. The second-order valence-electron chi connectivity index (χ2n) is 7.52. The summed E-state index contributed by atoms with van der Waals surface area (Å²) in [5.41, 5.74) is -0.524. The summed E-state index contributed by atoms with van der Waals surface area (Å²) in [6.07, 6.45) is 3.16. The quantitative estimate of drug-likeness (QED) is 0.739. The highest BCUT2D eigenvalue weighted by atomic mass is 16.5. The lowest BCUT2D eigenvalue weighted by molar-refractivity contribution is -0.130. The normalized spacial score (nSPS) is 16.9. The van der Waals surface area contributed by atoms with E-state index in [-0.39, 0.29) is 0 Å². The molecule has 0 heterocycles. The Kier molecular flexibility index (Phi) is 7.23. The van der Waals surface area contributed by atoms with Gasteiger partial charge in [0.1, 0.15) is 11.3 Å². The second kappa shape index (κ2) is 9.40. The molecule has 1 aromatic rings. The first-order chi connectivity index (χ1) is 12.8. The first-order valence-electron chi connectivity index (χ1n) is 9.52. The van der Waals surface area contributed by atoms with Gasteiger partial charge in [-0.2, -0.15) is 5.26 Å². The highest BCUT2D eigenvalue weighted by molar-refractivity contribution is 5.92. The molecular weight excluding hydrogens is 344 g/mol. The van der Waals surface area contributed by atoms with Gasteiger partial charge in [-0.25, -0.2) is 4.79 Å². The monoisotopic (exact) mass is 372 g/mol. The lowest BCUT2D eigenvalue weighted by atomic mass is 9.83. The molecule has 1 N–H and O–H groups in total. The van der Waals surface area contributed by atoms with Crippen LogP contribution in [0.5, 0.6) is 5.75 Å². The van der Waals surface area contributed by atoms with Crippen LogP contribution in [0.25, 0.3) is 0 Å². The Morgan fingerprint density at radius 3 is 2.56 bits per heavy atom. The van der Waals surface area contributed by atoms with E-state index < -0.39 is 23.5 Å². The molecule has 6 nitrogen and oxygen atoms in total. The summed E-state index contributed by atoms with van der Waals surface area (Å²) in [7, 11) is 0. The number of benzene rings is 1. The molecule has 0 radical (unpaired) electrons. The Morgan fingerprint density at radius 2 is 1.93 bits per heavy atom. The van der Waals surface area contributed by atoms with Crippen LogP contribution in [-0.4, -0.2) is 30.1 Å². The van der Waals surface area contributed by atoms with Crippen LogP contribution in [0.15, 0.2) is 24.3 Å². The number of esters is 1. The van der Waals surface area contributed by atoms with Crippen LogP contribution in [0.4, 0.5) is 0 Å². The molecule has 0 aliphatic heterocycles. The largest absolute Gasteiger partial charge is 0.493 e. The Hall–Kier alpha value is -2.55. The van der Waals surface area contributed by atoms with Gasteiger partial charge >= 0.3 is 5.97 Å². The molecule has 1 atom stereocenters. The number of hydrogen-bond donors (Lipinski definition) is 1. The van der Waals surface area contributed by atoms with Gasteiger partial charge in [0, 0.05) is 0 Å². The average Bonchev–Trinajstić information content (AvgIpc) is 2.67. The van der Waals surface area contributed by atoms with Gasteiger partial charge in [-0.1, -0.05) is 39.2 Å². The van der Waals surface area contributed by atoms with Gasteiger partial charge in [-0.05, 0) is 43.9 Å². The number of nitriles is 1. The van der Waals surface area contributed by atoms with Crippen LogP contribution < -0.4 is 10.1 Å². The van der Waals surface area contributed by atoms with Crippen molar-refractivity contribution in [3.63, 3.8) is 0 Å². The molecule has 0 spiro atoms. The highest BCUT2D eigenvalue weighted by Gasteiger charge is 2.35. The van der Waals surface area contributed by atoms with Crippen LogP contribution in [0.3, 0.4) is 0 Å². The third kappa shape index (κ3) is 5.99. The molecule has 27 heavy (non-hydrogen) atoms. The van der Waals surface area contributed by atoms with Crippen molar-refractivity contribution in [1.82, 2.24) is 5.32 Å². The standard InChI is InChI=1S/C21H28N2O4/c1-15(2)13-26-18-9-7-8-17(12-18)20(25)27-16(3)19(24)23-21(14-22)10-5-4-6-11-21/h7-9,12,15-16H,4-6,10-11,13H2,1-3H3,(H,23,24). The zero-order valence-electron chi connectivity index (χ0n) is 16.3. The zero-order valence-corrected chi connectivity index (χ0v) is 16.3. The molecule has 0 bridgehead atoms. The summed E-state index contributed by atoms with van der Waals surface area (Å²) in [5, 5.41) is 12.2. The summed E-state index contributed by atoms with van der Waals surface area (Å²) in [6.45, 7) is 6.14. The third-order valence-electron chi connectivity index (χ3n) is 4.59. The van der Waals surface area contributed by atoms with Gasteiger partial charge in [0.15, 0.2) is 6.10 Å². The van der Waals surface area contributed by atoms with E-state index in [1.54, 1.807) is 24.3 Å². The molecule has 1 amide bonds. The maximum absolute atomic E-state index is 12.4. The SMILES string of the molecule is CC(C)COc1cccc(C(=O)OC(C)C(=O)NC2(C#N)CCCCC2)c1. The van der Waals surface area contributed by atoms with Crippen LogP contribution in [0.2, 0.25) is 0 Å². The van der Waals surface area contributed by atoms with Gasteiger partial charge in [0.25, 0.3) is 5.91 Å². The predicted molar refractivity (Wildman–Crippen MR) is 101 cm³/mol. The van der Waals surface area contributed by atoms with Gasteiger partial charge < -0.3 is 14.8 Å². The van der Waals surface area contributed by atoms with Gasteiger partial charge in [-0.3, -0.25) is 4.79 Å². The topological polar surface area (TPSA) is 88.4 Å². The minimum Gasteiger partial charge on any atom is -0.493 e. The van der Waals surface area contributed by atoms with Crippen LogP contribution in [-0.2, 0) is 9.53 Å². The zero-order chi connectivity index (χ0) is 19.9. The molecular formula is C21H28N2O4. The number of ether oxygens (including phenoxy) is 2. The molecule has 1 aromatic carbocycles. The van der Waals surface area contributed by atoms with E-state index in [4.69, 9.17) is 9.47 Å². The summed E-state index contributed by atoms with van der Waals surface area (Å²) in [4.78, 5) is 24.8. The van der Waals surface area contributed by atoms with Crippen LogP contribution in [0, 0.1) is 17.2 Å². The Labute approximate surface area is 160 Å². The number of carbonyl (C=O) groups excluding carboxylic acids is 2. The number of carbonyl (C=O) groups is 2. The van der Waals surface area contributed by atoms with Crippen molar-refractivity contribution < 1.29 is 19.1 Å². The predicted octanol–water partition coefficient (Wildman–Crippen LogP) is 3.61. The maximum atomic E-state index is 12.4. The Balaban J connectivity index is 1.95. The third-order valence-corrected chi connectivity index (χ3v) is 4.59. The minimum atomic E-state index is -0.982. The molecule has 2 rings (SSSR count). The van der Waals surface area contributed by atoms with E-state index in [1.165, 1.54) is 6.92 Å². The number of rotatable bonds is 7. The fourth-order valence-electron chi connectivity index (χ4n) is 3.02. The number of amides is 1. The fraction of sp³-hybridized carbons (Fsp3) is 0.571. The maximum Gasteiger partial charge on any atom is 0.339 e.